The number of hydrogen-bond donors (Lipinski definition) is 0. The molecule has 0 atom stereocenters. The summed E-state index contributed by atoms with van der Waals surface area (Å²) >= 11 is 3.23. The summed E-state index contributed by atoms with van der Waals surface area (Å²) in [6.45, 7) is 0. The molecule has 1 aromatic rings. The van der Waals surface area contributed by atoms with Gasteiger partial charge in [0.1, 0.15) is 0 Å². The van der Waals surface area contributed by atoms with Crippen LogP contribution in [0.5, 0.6) is 0 Å². The number of hydrogen-bond acceptors (Lipinski definition) is 0. The summed E-state index contributed by atoms with van der Waals surface area (Å²) in [5, 5.41) is 0.344. The molecule has 1 saturated carbocycles. The molecule has 2 rings (SSSR count). The Hall–Kier alpha value is -0.910. The zero-order valence-electron chi connectivity index (χ0n) is 11.2. The molecule has 0 nitrogen and oxygen atoms in total. The quantitative estimate of drug-likeness (QED) is 0.276. The van der Waals surface area contributed by atoms with Gasteiger partial charge in [0.2, 0.25) is 5.82 Å². The highest BCUT2D eigenvalue weighted by atomic mass is 79.9. The SMILES string of the molecule is Fc1c(F)c(F)c(/C=C(/CBr)C2CCCCC2)c(F)c1F. The Morgan fingerprint density at radius 3 is 1.81 bits per heavy atom. The Labute approximate surface area is 128 Å². The van der Waals surface area contributed by atoms with E-state index >= 15 is 0 Å². The number of alkyl halides is 1. The van der Waals surface area contributed by atoms with Crippen LogP contribution in [0.25, 0.3) is 6.08 Å². The van der Waals surface area contributed by atoms with Gasteiger partial charge in [0.25, 0.3) is 0 Å². The van der Waals surface area contributed by atoms with Gasteiger partial charge in [-0.3, -0.25) is 0 Å². The highest BCUT2D eigenvalue weighted by Gasteiger charge is 2.26. The van der Waals surface area contributed by atoms with Crippen molar-refractivity contribution in [1.82, 2.24) is 0 Å². The molecule has 0 amide bonds. The largest absolute Gasteiger partial charge is 0.203 e. The second-order valence-electron chi connectivity index (χ2n) is 5.17. The molecular weight excluding hydrogens is 355 g/mol. The minimum Gasteiger partial charge on any atom is -0.203 e. The van der Waals surface area contributed by atoms with Gasteiger partial charge >= 0.3 is 0 Å². The van der Waals surface area contributed by atoms with Gasteiger partial charge in [-0.05, 0) is 24.8 Å². The fourth-order valence-corrected chi connectivity index (χ4v) is 3.29. The van der Waals surface area contributed by atoms with Crippen LogP contribution >= 0.6 is 15.9 Å². The first kappa shape index (κ1) is 16.5. The fraction of sp³-hybridized carbons (Fsp3) is 0.467. The third kappa shape index (κ3) is 3.30. The Balaban J connectivity index is 2.47. The molecule has 0 N–H and O–H groups in total. The molecule has 0 heterocycles. The first-order valence-corrected chi connectivity index (χ1v) is 7.87. The average molecular weight is 369 g/mol. The lowest BCUT2D eigenvalue weighted by Gasteiger charge is -2.23. The van der Waals surface area contributed by atoms with E-state index in [-0.39, 0.29) is 5.92 Å². The Morgan fingerprint density at radius 2 is 1.33 bits per heavy atom. The summed E-state index contributed by atoms with van der Waals surface area (Å²) in [4.78, 5) is 0. The van der Waals surface area contributed by atoms with Crippen molar-refractivity contribution >= 4 is 22.0 Å². The second kappa shape index (κ2) is 6.90. The standard InChI is InChI=1S/C15H14BrF5/c16-7-9(8-4-2-1-3-5-8)6-10-11(17)13(19)15(21)14(20)12(10)18/h6,8H,1-5,7H2/b9-6-. The van der Waals surface area contributed by atoms with Gasteiger partial charge in [-0.2, -0.15) is 0 Å². The summed E-state index contributed by atoms with van der Waals surface area (Å²) in [6.07, 6.45) is 5.95. The number of benzene rings is 1. The summed E-state index contributed by atoms with van der Waals surface area (Å²) < 4.78 is 66.8. The lowest BCUT2D eigenvalue weighted by molar-refractivity contribution is 0.376. The Kier molecular flexibility index (Phi) is 5.41. The summed E-state index contributed by atoms with van der Waals surface area (Å²) in [5.74, 6) is -9.37. The first-order chi connectivity index (χ1) is 9.97. The van der Waals surface area contributed by atoms with Crippen LogP contribution < -0.4 is 0 Å². The lowest BCUT2D eigenvalue weighted by atomic mass is 9.83. The molecule has 1 aromatic carbocycles. The van der Waals surface area contributed by atoms with Crippen molar-refractivity contribution in [3.63, 3.8) is 0 Å². The van der Waals surface area contributed by atoms with Gasteiger partial charge in [0, 0.05) is 5.33 Å². The van der Waals surface area contributed by atoms with E-state index < -0.39 is 34.6 Å². The van der Waals surface area contributed by atoms with E-state index in [9.17, 15) is 22.0 Å². The van der Waals surface area contributed by atoms with Gasteiger partial charge in [-0.1, -0.05) is 40.8 Å². The molecular formula is C15H14BrF5. The minimum atomic E-state index is -2.12. The highest BCUT2D eigenvalue weighted by Crippen LogP contribution is 2.33. The van der Waals surface area contributed by atoms with E-state index in [4.69, 9.17) is 0 Å². The van der Waals surface area contributed by atoms with Gasteiger partial charge < -0.3 is 0 Å². The highest BCUT2D eigenvalue weighted by molar-refractivity contribution is 9.09. The van der Waals surface area contributed by atoms with Gasteiger partial charge in [-0.25, -0.2) is 22.0 Å². The van der Waals surface area contributed by atoms with Crippen LogP contribution in [-0.2, 0) is 0 Å². The third-order valence-corrected chi connectivity index (χ3v) is 4.50. The lowest BCUT2D eigenvalue weighted by Crippen LogP contribution is -2.11. The zero-order chi connectivity index (χ0) is 15.6. The van der Waals surface area contributed by atoms with E-state index in [0.717, 1.165) is 38.2 Å². The maximum atomic E-state index is 13.7. The monoisotopic (exact) mass is 368 g/mol. The summed E-state index contributed by atoms with van der Waals surface area (Å²) in [7, 11) is 0. The predicted octanol–water partition coefficient (Wildman–Crippen LogP) is 5.74. The normalized spacial score (nSPS) is 17.3. The molecule has 0 saturated heterocycles. The molecule has 6 heteroatoms. The van der Waals surface area contributed by atoms with Crippen LogP contribution in [0.3, 0.4) is 0 Å². The van der Waals surface area contributed by atoms with Crippen molar-refractivity contribution in [2.75, 3.05) is 5.33 Å². The molecule has 0 unspecified atom stereocenters. The van der Waals surface area contributed by atoms with E-state index in [1.165, 1.54) is 0 Å². The maximum Gasteiger partial charge on any atom is 0.200 e. The summed E-state index contributed by atoms with van der Waals surface area (Å²) in [5.41, 5.74) is -0.190. The van der Waals surface area contributed by atoms with E-state index in [1.54, 1.807) is 0 Å². The van der Waals surface area contributed by atoms with Gasteiger partial charge in [-0.15, -0.1) is 0 Å². The topological polar surface area (TPSA) is 0 Å². The zero-order valence-corrected chi connectivity index (χ0v) is 12.8. The van der Waals surface area contributed by atoms with E-state index in [0.29, 0.717) is 10.9 Å². The Bertz CT molecular complexity index is 533. The van der Waals surface area contributed by atoms with Crippen LogP contribution in [0.15, 0.2) is 5.57 Å². The smallest absolute Gasteiger partial charge is 0.200 e. The van der Waals surface area contributed by atoms with Crippen molar-refractivity contribution < 1.29 is 22.0 Å². The predicted molar refractivity (Wildman–Crippen MR) is 74.6 cm³/mol. The van der Waals surface area contributed by atoms with Crippen LogP contribution in [0, 0.1) is 35.0 Å². The maximum absolute atomic E-state index is 13.7. The van der Waals surface area contributed by atoms with Crippen molar-refractivity contribution in [3.8, 4) is 0 Å². The van der Waals surface area contributed by atoms with Crippen LogP contribution in [0.2, 0.25) is 0 Å². The van der Waals surface area contributed by atoms with Gasteiger partial charge in [0.15, 0.2) is 23.3 Å². The summed E-state index contributed by atoms with van der Waals surface area (Å²) in [6, 6.07) is 0. The molecule has 0 radical (unpaired) electrons. The van der Waals surface area contributed by atoms with Gasteiger partial charge in [0.05, 0.1) is 5.56 Å². The first-order valence-electron chi connectivity index (χ1n) is 6.75. The van der Waals surface area contributed by atoms with E-state index in [1.807, 2.05) is 0 Å². The van der Waals surface area contributed by atoms with Crippen LogP contribution in [-0.4, -0.2) is 5.33 Å². The molecule has 1 aliphatic rings. The molecule has 0 spiro atoms. The molecule has 1 aliphatic carbocycles. The molecule has 0 aliphatic heterocycles. The van der Waals surface area contributed by atoms with E-state index in [2.05, 4.69) is 15.9 Å². The van der Waals surface area contributed by atoms with Crippen molar-refractivity contribution in [3.05, 3.63) is 40.2 Å². The number of halogens is 6. The number of allylic oxidation sites excluding steroid dienone is 1. The average Bonchev–Trinajstić information content (AvgIpc) is 2.52. The Morgan fingerprint density at radius 1 is 0.857 bits per heavy atom. The second-order valence-corrected chi connectivity index (χ2v) is 5.73. The van der Waals surface area contributed by atoms with Crippen molar-refractivity contribution in [1.29, 1.82) is 0 Å². The molecule has 1 fully saturated rings. The molecule has 0 aromatic heterocycles. The van der Waals surface area contributed by atoms with Crippen LogP contribution in [0.4, 0.5) is 22.0 Å². The van der Waals surface area contributed by atoms with Crippen molar-refractivity contribution in [2.45, 2.75) is 32.1 Å². The number of rotatable bonds is 3. The van der Waals surface area contributed by atoms with Crippen LogP contribution in [0.1, 0.15) is 37.7 Å². The molecule has 0 bridgehead atoms. The minimum absolute atomic E-state index is 0.119. The van der Waals surface area contributed by atoms with Crippen molar-refractivity contribution in [2.24, 2.45) is 5.92 Å². The molecule has 116 valence electrons. The fourth-order valence-electron chi connectivity index (χ4n) is 2.67. The third-order valence-electron chi connectivity index (χ3n) is 3.86. The molecule has 21 heavy (non-hydrogen) atoms.